The van der Waals surface area contributed by atoms with Crippen molar-refractivity contribution in [2.45, 2.75) is 31.8 Å². The number of aryl methyl sites for hydroxylation is 1. The molecule has 1 heterocycles. The highest BCUT2D eigenvalue weighted by Crippen LogP contribution is 2.24. The van der Waals surface area contributed by atoms with Gasteiger partial charge in [0.1, 0.15) is 6.10 Å². The quantitative estimate of drug-likeness (QED) is 0.829. The fraction of sp³-hybridized carbons (Fsp3) is 0.615. The standard InChI is InChI=1S/C13H20N2O2/c1-15-8-4-7-11(15)12(16)9-14-13(17)10-5-2-3-6-10/h4,7-8,10,12,16H,2-3,5-6,9H2,1H3,(H,14,17). The van der Waals surface area contributed by atoms with Gasteiger partial charge in [0.25, 0.3) is 0 Å². The lowest BCUT2D eigenvalue weighted by atomic mass is 10.1. The number of aliphatic hydroxyl groups is 1. The molecule has 0 bridgehead atoms. The molecular weight excluding hydrogens is 216 g/mol. The maximum atomic E-state index is 11.8. The van der Waals surface area contributed by atoms with Gasteiger partial charge in [0.2, 0.25) is 5.91 Å². The van der Waals surface area contributed by atoms with E-state index in [9.17, 15) is 9.90 Å². The molecule has 1 amide bonds. The van der Waals surface area contributed by atoms with Crippen molar-refractivity contribution in [2.24, 2.45) is 13.0 Å². The van der Waals surface area contributed by atoms with E-state index in [1.54, 1.807) is 0 Å². The summed E-state index contributed by atoms with van der Waals surface area (Å²) in [6.45, 7) is 0.299. The van der Waals surface area contributed by atoms with E-state index in [1.165, 1.54) is 0 Å². The molecule has 1 fully saturated rings. The Morgan fingerprint density at radius 1 is 1.59 bits per heavy atom. The molecule has 1 aromatic rings. The molecule has 1 aromatic heterocycles. The van der Waals surface area contributed by atoms with Crippen molar-refractivity contribution in [1.29, 1.82) is 0 Å². The number of aromatic nitrogens is 1. The molecule has 4 heteroatoms. The maximum absolute atomic E-state index is 11.8. The molecule has 0 saturated heterocycles. The van der Waals surface area contributed by atoms with Crippen LogP contribution in [0.2, 0.25) is 0 Å². The van der Waals surface area contributed by atoms with Crippen LogP contribution in [0, 0.1) is 5.92 Å². The summed E-state index contributed by atoms with van der Waals surface area (Å²) in [5.41, 5.74) is 0.830. The molecule has 1 aliphatic carbocycles. The second-order valence-electron chi connectivity index (χ2n) is 4.79. The lowest BCUT2D eigenvalue weighted by molar-refractivity contribution is -0.125. The van der Waals surface area contributed by atoms with E-state index < -0.39 is 6.10 Å². The highest BCUT2D eigenvalue weighted by Gasteiger charge is 2.23. The third-order valence-electron chi connectivity index (χ3n) is 3.52. The lowest BCUT2D eigenvalue weighted by Crippen LogP contribution is -2.33. The highest BCUT2D eigenvalue weighted by atomic mass is 16.3. The predicted octanol–water partition coefficient (Wildman–Crippen LogP) is 1.36. The van der Waals surface area contributed by atoms with Gasteiger partial charge >= 0.3 is 0 Å². The Kier molecular flexibility index (Phi) is 3.84. The Balaban J connectivity index is 1.81. The van der Waals surface area contributed by atoms with Crippen LogP contribution in [0.3, 0.4) is 0 Å². The molecule has 0 radical (unpaired) electrons. The molecule has 0 spiro atoms. The van der Waals surface area contributed by atoms with E-state index >= 15 is 0 Å². The van der Waals surface area contributed by atoms with Gasteiger partial charge in [0.15, 0.2) is 0 Å². The summed E-state index contributed by atoms with van der Waals surface area (Å²) in [4.78, 5) is 11.8. The molecule has 1 unspecified atom stereocenters. The smallest absolute Gasteiger partial charge is 0.223 e. The van der Waals surface area contributed by atoms with Crippen molar-refractivity contribution >= 4 is 5.91 Å². The topological polar surface area (TPSA) is 54.3 Å². The third-order valence-corrected chi connectivity index (χ3v) is 3.52. The van der Waals surface area contributed by atoms with E-state index in [-0.39, 0.29) is 11.8 Å². The SMILES string of the molecule is Cn1cccc1C(O)CNC(=O)C1CCCC1. The number of nitrogens with one attached hydrogen (secondary N) is 1. The molecule has 4 nitrogen and oxygen atoms in total. The average molecular weight is 236 g/mol. The van der Waals surface area contributed by atoms with E-state index in [0.29, 0.717) is 6.54 Å². The van der Waals surface area contributed by atoms with Gasteiger partial charge in [-0.3, -0.25) is 4.79 Å². The van der Waals surface area contributed by atoms with E-state index in [2.05, 4.69) is 5.32 Å². The number of carbonyl (C=O) groups excluding carboxylic acids is 1. The Morgan fingerprint density at radius 2 is 2.29 bits per heavy atom. The molecule has 0 aromatic carbocycles. The number of amides is 1. The molecule has 2 rings (SSSR count). The predicted molar refractivity (Wildman–Crippen MR) is 65.3 cm³/mol. The average Bonchev–Trinajstić information content (AvgIpc) is 2.95. The summed E-state index contributed by atoms with van der Waals surface area (Å²) >= 11 is 0. The molecular formula is C13H20N2O2. The van der Waals surface area contributed by atoms with Gasteiger partial charge in [0.05, 0.1) is 0 Å². The van der Waals surface area contributed by atoms with Crippen LogP contribution >= 0.6 is 0 Å². The second-order valence-corrected chi connectivity index (χ2v) is 4.79. The molecule has 1 saturated carbocycles. The van der Waals surface area contributed by atoms with Crippen molar-refractivity contribution in [3.63, 3.8) is 0 Å². The van der Waals surface area contributed by atoms with Crippen molar-refractivity contribution in [3.05, 3.63) is 24.0 Å². The highest BCUT2D eigenvalue weighted by molar-refractivity contribution is 5.78. The van der Waals surface area contributed by atoms with Crippen LogP contribution in [0.1, 0.15) is 37.5 Å². The van der Waals surface area contributed by atoms with Crippen LogP contribution in [0.5, 0.6) is 0 Å². The summed E-state index contributed by atoms with van der Waals surface area (Å²) in [7, 11) is 1.89. The number of hydrogen-bond donors (Lipinski definition) is 2. The lowest BCUT2D eigenvalue weighted by Gasteiger charge is -2.15. The summed E-state index contributed by atoms with van der Waals surface area (Å²) in [5, 5.41) is 12.8. The first kappa shape index (κ1) is 12.2. The first-order chi connectivity index (χ1) is 8.18. The number of aliphatic hydroxyl groups excluding tert-OH is 1. The van der Waals surface area contributed by atoms with Crippen molar-refractivity contribution in [2.75, 3.05) is 6.54 Å². The monoisotopic (exact) mass is 236 g/mol. The van der Waals surface area contributed by atoms with E-state index in [0.717, 1.165) is 31.4 Å². The maximum Gasteiger partial charge on any atom is 0.223 e. The Bertz CT molecular complexity index is 381. The van der Waals surface area contributed by atoms with Crippen LogP contribution in [-0.4, -0.2) is 22.1 Å². The summed E-state index contributed by atoms with van der Waals surface area (Å²) in [5.74, 6) is 0.256. The number of hydrogen-bond acceptors (Lipinski definition) is 2. The van der Waals surface area contributed by atoms with Gasteiger partial charge < -0.3 is 15.0 Å². The normalized spacial score (nSPS) is 18.2. The molecule has 94 valence electrons. The summed E-state index contributed by atoms with van der Waals surface area (Å²) in [6, 6.07) is 3.75. The Labute approximate surface area is 102 Å². The zero-order valence-electron chi connectivity index (χ0n) is 10.2. The van der Waals surface area contributed by atoms with Gasteiger partial charge in [-0.15, -0.1) is 0 Å². The minimum atomic E-state index is -0.625. The Hall–Kier alpha value is -1.29. The van der Waals surface area contributed by atoms with Crippen molar-refractivity contribution < 1.29 is 9.90 Å². The zero-order chi connectivity index (χ0) is 12.3. The van der Waals surface area contributed by atoms with Crippen LogP contribution in [0.25, 0.3) is 0 Å². The molecule has 0 aliphatic heterocycles. The molecule has 2 N–H and O–H groups in total. The zero-order valence-corrected chi connectivity index (χ0v) is 10.2. The fourth-order valence-corrected chi connectivity index (χ4v) is 2.45. The van der Waals surface area contributed by atoms with Crippen LogP contribution in [0.4, 0.5) is 0 Å². The number of nitrogens with zero attached hydrogens (tertiary/aromatic N) is 1. The minimum absolute atomic E-state index is 0.0933. The summed E-state index contributed by atoms with van der Waals surface area (Å²) < 4.78 is 1.87. The number of carbonyl (C=O) groups is 1. The second kappa shape index (κ2) is 5.36. The Morgan fingerprint density at radius 3 is 2.88 bits per heavy atom. The minimum Gasteiger partial charge on any atom is -0.385 e. The molecule has 17 heavy (non-hydrogen) atoms. The van der Waals surface area contributed by atoms with Crippen molar-refractivity contribution in [3.8, 4) is 0 Å². The van der Waals surface area contributed by atoms with Crippen molar-refractivity contribution in [1.82, 2.24) is 9.88 Å². The van der Waals surface area contributed by atoms with Gasteiger partial charge in [-0.1, -0.05) is 12.8 Å². The first-order valence-corrected chi connectivity index (χ1v) is 6.25. The molecule has 1 aliphatic rings. The molecule has 1 atom stereocenters. The van der Waals surface area contributed by atoms with Crippen LogP contribution in [-0.2, 0) is 11.8 Å². The fourth-order valence-electron chi connectivity index (χ4n) is 2.45. The van der Waals surface area contributed by atoms with Crippen LogP contribution < -0.4 is 5.32 Å². The third kappa shape index (κ3) is 2.88. The number of rotatable bonds is 4. The van der Waals surface area contributed by atoms with Crippen LogP contribution in [0.15, 0.2) is 18.3 Å². The first-order valence-electron chi connectivity index (χ1n) is 6.25. The van der Waals surface area contributed by atoms with Gasteiger partial charge in [-0.2, -0.15) is 0 Å². The van der Waals surface area contributed by atoms with Gasteiger partial charge in [-0.05, 0) is 25.0 Å². The van der Waals surface area contributed by atoms with E-state index in [4.69, 9.17) is 0 Å². The van der Waals surface area contributed by atoms with Gasteiger partial charge in [0, 0.05) is 31.4 Å². The largest absolute Gasteiger partial charge is 0.385 e. The van der Waals surface area contributed by atoms with Gasteiger partial charge in [-0.25, -0.2) is 0 Å². The van der Waals surface area contributed by atoms with E-state index in [1.807, 2.05) is 29.9 Å². The summed E-state index contributed by atoms with van der Waals surface area (Å²) in [6.07, 6.45) is 5.55.